The van der Waals surface area contributed by atoms with Crippen molar-refractivity contribution in [2.45, 2.75) is 26.3 Å². The van der Waals surface area contributed by atoms with Gasteiger partial charge in [-0.05, 0) is 37.1 Å². The summed E-state index contributed by atoms with van der Waals surface area (Å²) in [5, 5.41) is -0.239. The highest BCUT2D eigenvalue weighted by atomic mass is 19.1. The highest BCUT2D eigenvalue weighted by Gasteiger charge is 2.21. The van der Waals surface area contributed by atoms with E-state index >= 15 is 0 Å². The van der Waals surface area contributed by atoms with Crippen LogP contribution in [0.15, 0.2) is 35.1 Å². The molecule has 0 spiro atoms. The molecular weight excluding hydrogens is 331 g/mol. The van der Waals surface area contributed by atoms with Crippen molar-refractivity contribution in [3.05, 3.63) is 69.5 Å². The lowest BCUT2D eigenvalue weighted by Crippen LogP contribution is -2.29. The molecule has 3 rings (SSSR count). The molecule has 0 saturated carbocycles. The largest absolute Gasteiger partial charge is 0.321 e. The van der Waals surface area contributed by atoms with Crippen molar-refractivity contribution in [3.63, 3.8) is 0 Å². The minimum atomic E-state index is -0.859. The minimum absolute atomic E-state index is 0.0864. The van der Waals surface area contributed by atoms with E-state index < -0.39 is 29.1 Å². The summed E-state index contributed by atoms with van der Waals surface area (Å²) in [5.74, 6) is -2.34. The van der Waals surface area contributed by atoms with Gasteiger partial charge >= 0.3 is 0 Å². The van der Waals surface area contributed by atoms with Crippen molar-refractivity contribution < 1.29 is 13.2 Å². The number of hydrogen-bond donors (Lipinski definition) is 1. The Labute approximate surface area is 141 Å². The smallest absolute Gasteiger partial charge is 0.269 e. The van der Waals surface area contributed by atoms with E-state index in [1.807, 2.05) is 0 Å². The first-order chi connectivity index (χ1) is 11.8. The van der Waals surface area contributed by atoms with Crippen LogP contribution in [-0.4, -0.2) is 9.55 Å². The Hall–Kier alpha value is -2.67. The monoisotopic (exact) mass is 347 g/mol. The molecule has 0 aliphatic heterocycles. The van der Waals surface area contributed by atoms with Crippen molar-refractivity contribution in [1.82, 2.24) is 9.55 Å². The van der Waals surface area contributed by atoms with E-state index in [4.69, 9.17) is 5.73 Å². The zero-order chi connectivity index (χ0) is 18.3. The normalized spacial score (nSPS) is 12.6. The molecule has 1 heterocycles. The lowest BCUT2D eigenvalue weighted by molar-refractivity contribution is 0.575. The molecule has 25 heavy (non-hydrogen) atoms. The number of rotatable bonds is 3. The quantitative estimate of drug-likeness (QED) is 0.789. The number of fused-ring (bicyclic) bond motifs is 1. The van der Waals surface area contributed by atoms with Gasteiger partial charge in [0, 0.05) is 6.07 Å². The van der Waals surface area contributed by atoms with Crippen LogP contribution < -0.4 is 11.3 Å². The zero-order valence-corrected chi connectivity index (χ0v) is 13.7. The number of nitrogens with zero attached hydrogens (tertiary/aromatic N) is 2. The summed E-state index contributed by atoms with van der Waals surface area (Å²) in [7, 11) is 0. The van der Waals surface area contributed by atoms with E-state index in [9.17, 15) is 18.0 Å². The maximum Gasteiger partial charge on any atom is 0.269 e. The minimum Gasteiger partial charge on any atom is -0.321 e. The second kappa shape index (κ2) is 6.33. The van der Waals surface area contributed by atoms with Gasteiger partial charge in [-0.3, -0.25) is 9.36 Å². The van der Waals surface area contributed by atoms with Gasteiger partial charge in [0.25, 0.3) is 5.56 Å². The van der Waals surface area contributed by atoms with Gasteiger partial charge < -0.3 is 5.73 Å². The lowest BCUT2D eigenvalue weighted by Gasteiger charge is -2.18. The van der Waals surface area contributed by atoms with E-state index in [0.717, 1.165) is 22.8 Å². The molecule has 1 aromatic heterocycles. The third-order valence-electron chi connectivity index (χ3n) is 4.08. The van der Waals surface area contributed by atoms with Gasteiger partial charge in [0.15, 0.2) is 0 Å². The van der Waals surface area contributed by atoms with Crippen molar-refractivity contribution in [1.29, 1.82) is 0 Å². The second-order valence-corrected chi connectivity index (χ2v) is 5.84. The van der Waals surface area contributed by atoms with Crippen LogP contribution in [0, 0.1) is 24.4 Å². The Bertz CT molecular complexity index is 1010. The summed E-state index contributed by atoms with van der Waals surface area (Å²) in [6.45, 7) is 3.48. The summed E-state index contributed by atoms with van der Waals surface area (Å²) in [5.41, 5.74) is 6.01. The SMILES string of the molecule is CC[C@H](N)c1nc2c(C)ccc(F)c2c(=O)n1-c1cc(F)cc(F)c1. The Morgan fingerprint density at radius 3 is 2.40 bits per heavy atom. The molecule has 3 aromatic rings. The first kappa shape index (κ1) is 17.2. The third kappa shape index (κ3) is 2.91. The molecule has 0 aliphatic rings. The standard InChI is InChI=1S/C18H16F3N3O/c1-3-14(22)17-23-16-9(2)4-5-13(21)15(16)18(25)24(17)12-7-10(19)6-11(20)8-12/h4-8,14H,3,22H2,1-2H3/t14-/m0/s1. The van der Waals surface area contributed by atoms with Crippen LogP contribution in [-0.2, 0) is 0 Å². The van der Waals surface area contributed by atoms with Crippen LogP contribution in [0.4, 0.5) is 13.2 Å². The van der Waals surface area contributed by atoms with Crippen LogP contribution in [0.3, 0.4) is 0 Å². The Morgan fingerprint density at radius 1 is 1.16 bits per heavy atom. The molecule has 0 amide bonds. The van der Waals surface area contributed by atoms with E-state index in [-0.39, 0.29) is 22.4 Å². The average Bonchev–Trinajstić information content (AvgIpc) is 2.55. The molecule has 130 valence electrons. The molecule has 4 nitrogen and oxygen atoms in total. The van der Waals surface area contributed by atoms with Crippen LogP contribution in [0.2, 0.25) is 0 Å². The fourth-order valence-corrected chi connectivity index (χ4v) is 2.75. The first-order valence-corrected chi connectivity index (χ1v) is 7.77. The van der Waals surface area contributed by atoms with Gasteiger partial charge in [0.2, 0.25) is 0 Å². The highest BCUT2D eigenvalue weighted by Crippen LogP contribution is 2.23. The van der Waals surface area contributed by atoms with Gasteiger partial charge in [0.1, 0.15) is 28.7 Å². The molecule has 0 unspecified atom stereocenters. The van der Waals surface area contributed by atoms with E-state index in [2.05, 4.69) is 4.98 Å². The van der Waals surface area contributed by atoms with Crippen molar-refractivity contribution in [2.24, 2.45) is 5.73 Å². The molecule has 2 N–H and O–H groups in total. The molecule has 2 aromatic carbocycles. The lowest BCUT2D eigenvalue weighted by atomic mass is 10.1. The van der Waals surface area contributed by atoms with Crippen LogP contribution in [0.5, 0.6) is 0 Å². The summed E-state index contributed by atoms with van der Waals surface area (Å²) in [4.78, 5) is 17.3. The molecule has 0 saturated heterocycles. The van der Waals surface area contributed by atoms with Crippen molar-refractivity contribution in [3.8, 4) is 5.69 Å². The molecule has 7 heteroatoms. The fourth-order valence-electron chi connectivity index (χ4n) is 2.75. The van der Waals surface area contributed by atoms with E-state index in [0.29, 0.717) is 18.1 Å². The second-order valence-electron chi connectivity index (χ2n) is 5.84. The summed E-state index contributed by atoms with van der Waals surface area (Å²) in [6.07, 6.45) is 0.435. The van der Waals surface area contributed by atoms with Crippen molar-refractivity contribution in [2.75, 3.05) is 0 Å². The summed E-state index contributed by atoms with van der Waals surface area (Å²) < 4.78 is 42.5. The van der Waals surface area contributed by atoms with Crippen LogP contribution >= 0.6 is 0 Å². The average molecular weight is 347 g/mol. The Balaban J connectivity index is 2.50. The molecular formula is C18H16F3N3O. The van der Waals surface area contributed by atoms with Crippen molar-refractivity contribution >= 4 is 10.9 Å². The van der Waals surface area contributed by atoms with Crippen LogP contribution in [0.25, 0.3) is 16.6 Å². The van der Waals surface area contributed by atoms with E-state index in [1.165, 1.54) is 6.07 Å². The predicted molar refractivity (Wildman–Crippen MR) is 89.2 cm³/mol. The third-order valence-corrected chi connectivity index (χ3v) is 4.08. The predicted octanol–water partition coefficient (Wildman–Crippen LogP) is 3.52. The Kier molecular flexibility index (Phi) is 4.34. The first-order valence-electron chi connectivity index (χ1n) is 7.77. The highest BCUT2D eigenvalue weighted by molar-refractivity contribution is 5.82. The number of nitrogens with two attached hydrogens (primary N) is 1. The van der Waals surface area contributed by atoms with Crippen LogP contribution in [0.1, 0.15) is 30.8 Å². The van der Waals surface area contributed by atoms with Gasteiger partial charge in [-0.2, -0.15) is 0 Å². The van der Waals surface area contributed by atoms with Gasteiger partial charge in [-0.1, -0.05) is 13.0 Å². The van der Waals surface area contributed by atoms with Gasteiger partial charge in [0.05, 0.1) is 17.2 Å². The zero-order valence-electron chi connectivity index (χ0n) is 13.7. The summed E-state index contributed by atoms with van der Waals surface area (Å²) >= 11 is 0. The number of benzene rings is 2. The topological polar surface area (TPSA) is 60.9 Å². The number of aromatic nitrogens is 2. The molecule has 0 aliphatic carbocycles. The summed E-state index contributed by atoms with van der Waals surface area (Å²) in [6, 6.07) is 4.67. The number of hydrogen-bond acceptors (Lipinski definition) is 3. The maximum atomic E-state index is 14.3. The molecule has 1 atom stereocenters. The van der Waals surface area contributed by atoms with Gasteiger partial charge in [-0.25, -0.2) is 18.2 Å². The Morgan fingerprint density at radius 2 is 1.80 bits per heavy atom. The fraction of sp³-hybridized carbons (Fsp3) is 0.222. The maximum absolute atomic E-state index is 14.3. The number of aryl methyl sites for hydroxylation is 1. The van der Waals surface area contributed by atoms with E-state index in [1.54, 1.807) is 13.8 Å². The number of halogens is 3. The molecule has 0 radical (unpaired) electrons. The molecule has 0 bridgehead atoms. The molecule has 0 fully saturated rings. The van der Waals surface area contributed by atoms with Gasteiger partial charge in [-0.15, -0.1) is 0 Å².